The van der Waals surface area contributed by atoms with Crippen molar-refractivity contribution in [2.45, 2.75) is 21.3 Å². The number of hydrogen-bond donors (Lipinski definition) is 0. The van der Waals surface area contributed by atoms with E-state index in [1.807, 2.05) is 50.2 Å². The number of methoxy groups -OCH3 is 1. The Balaban J connectivity index is -0.000000119. The molecule has 0 spiro atoms. The van der Waals surface area contributed by atoms with E-state index in [2.05, 4.69) is 4.74 Å². The van der Waals surface area contributed by atoms with Gasteiger partial charge in [0.15, 0.2) is 0 Å². The molecule has 1 heteroatoms. The summed E-state index contributed by atoms with van der Waals surface area (Å²) in [7, 11) is 3.25. The van der Waals surface area contributed by atoms with Crippen LogP contribution in [0, 0.1) is 0 Å². The van der Waals surface area contributed by atoms with Gasteiger partial charge in [-0.3, -0.25) is 0 Å². The van der Waals surface area contributed by atoms with Gasteiger partial charge in [0.25, 0.3) is 0 Å². The van der Waals surface area contributed by atoms with Crippen molar-refractivity contribution in [2.24, 2.45) is 0 Å². The van der Waals surface area contributed by atoms with Gasteiger partial charge in [-0.2, -0.15) is 0 Å². The first-order valence-electron chi connectivity index (χ1n) is 3.82. The van der Waals surface area contributed by atoms with Gasteiger partial charge >= 0.3 is 0 Å². The Kier molecular flexibility index (Phi) is 32.4. The average molecular weight is 170 g/mol. The average Bonchev–Trinajstić information content (AvgIpc) is 2.12. The molecule has 1 nitrogen and oxygen atoms in total. The molecule has 0 atom stereocenters. The molecule has 72 valence electrons. The van der Waals surface area contributed by atoms with E-state index < -0.39 is 0 Å². The summed E-state index contributed by atoms with van der Waals surface area (Å²) in [6.45, 7) is 4.00. The Morgan fingerprint density at radius 3 is 0.833 bits per heavy atom. The monoisotopic (exact) mass is 170 g/mol. The fraction of sp³-hybridized carbons (Fsp3) is 0.455. The summed E-state index contributed by atoms with van der Waals surface area (Å²) in [5.41, 5.74) is 0. The predicted octanol–water partition coefficient (Wildman–Crippen LogP) is 3.61. The van der Waals surface area contributed by atoms with E-state index in [4.69, 9.17) is 0 Å². The van der Waals surface area contributed by atoms with E-state index in [1.54, 1.807) is 14.2 Å². The third kappa shape index (κ3) is 22.9. The molecule has 1 aromatic carbocycles. The molecular formula is C11H22O. The highest BCUT2D eigenvalue weighted by Crippen LogP contribution is 1.79. The minimum atomic E-state index is 0. The molecule has 0 radical (unpaired) electrons. The van der Waals surface area contributed by atoms with E-state index in [-0.39, 0.29) is 7.43 Å². The summed E-state index contributed by atoms with van der Waals surface area (Å²) in [6.07, 6.45) is 0. The summed E-state index contributed by atoms with van der Waals surface area (Å²) in [5.74, 6) is 0. The van der Waals surface area contributed by atoms with Gasteiger partial charge in [-0.25, -0.2) is 0 Å². The van der Waals surface area contributed by atoms with E-state index in [0.717, 1.165) is 0 Å². The predicted molar refractivity (Wildman–Crippen MR) is 57.5 cm³/mol. The highest BCUT2D eigenvalue weighted by atomic mass is 16.4. The number of hydrogen-bond acceptors (Lipinski definition) is 1. The Morgan fingerprint density at radius 2 is 0.750 bits per heavy atom. The molecule has 0 bridgehead atoms. The van der Waals surface area contributed by atoms with Gasteiger partial charge in [0, 0.05) is 14.2 Å². The third-order valence-corrected chi connectivity index (χ3v) is 0.667. The maximum Gasteiger partial charge on any atom is 0.0351 e. The summed E-state index contributed by atoms with van der Waals surface area (Å²) < 4.78 is 4.25. The van der Waals surface area contributed by atoms with Crippen LogP contribution in [0.2, 0.25) is 0 Å². The fourth-order valence-electron chi connectivity index (χ4n) is 0.385. The number of benzene rings is 1. The van der Waals surface area contributed by atoms with Crippen molar-refractivity contribution in [1.82, 2.24) is 0 Å². The Morgan fingerprint density at radius 1 is 0.667 bits per heavy atom. The molecule has 12 heavy (non-hydrogen) atoms. The van der Waals surface area contributed by atoms with Crippen molar-refractivity contribution >= 4 is 0 Å². The van der Waals surface area contributed by atoms with E-state index in [1.165, 1.54) is 0 Å². The lowest BCUT2D eigenvalue weighted by Gasteiger charge is -1.69. The zero-order valence-electron chi connectivity index (χ0n) is 7.87. The first-order valence-corrected chi connectivity index (χ1v) is 3.82. The lowest BCUT2D eigenvalue weighted by atomic mass is 10.4. The molecule has 0 N–H and O–H groups in total. The molecule has 0 amide bonds. The van der Waals surface area contributed by atoms with E-state index >= 15 is 0 Å². The van der Waals surface area contributed by atoms with Crippen molar-refractivity contribution < 1.29 is 4.74 Å². The topological polar surface area (TPSA) is 9.23 Å². The summed E-state index contributed by atoms with van der Waals surface area (Å²) >= 11 is 0. The van der Waals surface area contributed by atoms with Crippen molar-refractivity contribution in [3.63, 3.8) is 0 Å². The van der Waals surface area contributed by atoms with Crippen LogP contribution in [0.3, 0.4) is 0 Å². The second-order valence-electron chi connectivity index (χ2n) is 1.56. The summed E-state index contributed by atoms with van der Waals surface area (Å²) in [5, 5.41) is 0. The van der Waals surface area contributed by atoms with Gasteiger partial charge < -0.3 is 4.74 Å². The van der Waals surface area contributed by atoms with Gasteiger partial charge in [0.05, 0.1) is 0 Å². The van der Waals surface area contributed by atoms with Crippen LogP contribution in [0.1, 0.15) is 21.3 Å². The molecule has 0 fully saturated rings. The second-order valence-corrected chi connectivity index (χ2v) is 1.56. The Labute approximate surface area is 77.4 Å². The molecule has 0 saturated heterocycles. The maximum atomic E-state index is 4.25. The molecule has 0 aliphatic heterocycles. The Hall–Kier alpha value is -0.820. The van der Waals surface area contributed by atoms with E-state index in [0.29, 0.717) is 0 Å². The van der Waals surface area contributed by atoms with Crippen LogP contribution in [0.15, 0.2) is 36.4 Å². The van der Waals surface area contributed by atoms with Gasteiger partial charge in [-0.05, 0) is 0 Å². The first-order chi connectivity index (χ1) is 5.41. The van der Waals surface area contributed by atoms with Crippen LogP contribution >= 0.6 is 0 Å². The normalized spacial score (nSPS) is 6.00. The molecule has 0 aromatic heterocycles. The SMILES string of the molecule is C.CC.COC.c1ccccc1. The molecule has 1 rings (SSSR count). The van der Waals surface area contributed by atoms with Crippen molar-refractivity contribution in [1.29, 1.82) is 0 Å². The number of rotatable bonds is 0. The van der Waals surface area contributed by atoms with Gasteiger partial charge in [-0.1, -0.05) is 57.7 Å². The fourth-order valence-corrected chi connectivity index (χ4v) is 0.385. The zero-order valence-corrected chi connectivity index (χ0v) is 7.87. The molecule has 0 unspecified atom stereocenters. The molecule has 0 saturated carbocycles. The standard InChI is InChI=1S/C6H6.C2H6O.C2H6.CH4/c1-2-4-6-5-3-1;1-3-2;1-2;/h1-6H;1-2H3;1-2H3;1H4. The minimum Gasteiger partial charge on any atom is -0.388 e. The van der Waals surface area contributed by atoms with Crippen molar-refractivity contribution in [2.75, 3.05) is 14.2 Å². The van der Waals surface area contributed by atoms with Gasteiger partial charge in [-0.15, -0.1) is 0 Å². The number of ether oxygens (including phenoxy) is 1. The van der Waals surface area contributed by atoms with Crippen molar-refractivity contribution in [3.05, 3.63) is 36.4 Å². The van der Waals surface area contributed by atoms with Crippen LogP contribution < -0.4 is 0 Å². The van der Waals surface area contributed by atoms with Crippen LogP contribution in [-0.2, 0) is 4.74 Å². The highest BCUT2D eigenvalue weighted by molar-refractivity contribution is 4.99. The van der Waals surface area contributed by atoms with Crippen LogP contribution in [0.25, 0.3) is 0 Å². The minimum absolute atomic E-state index is 0. The lowest BCUT2D eigenvalue weighted by Crippen LogP contribution is -1.55. The van der Waals surface area contributed by atoms with Crippen LogP contribution in [-0.4, -0.2) is 14.2 Å². The molecule has 0 aliphatic rings. The van der Waals surface area contributed by atoms with Gasteiger partial charge in [0.1, 0.15) is 0 Å². The largest absolute Gasteiger partial charge is 0.388 e. The Bertz CT molecular complexity index is 87.9. The lowest BCUT2D eigenvalue weighted by molar-refractivity contribution is 0.277. The van der Waals surface area contributed by atoms with E-state index in [9.17, 15) is 0 Å². The first kappa shape index (κ1) is 17.3. The van der Waals surface area contributed by atoms with Crippen molar-refractivity contribution in [3.8, 4) is 0 Å². The van der Waals surface area contributed by atoms with Crippen LogP contribution in [0.5, 0.6) is 0 Å². The van der Waals surface area contributed by atoms with Gasteiger partial charge in [0.2, 0.25) is 0 Å². The quantitative estimate of drug-likeness (QED) is 0.578. The third-order valence-electron chi connectivity index (χ3n) is 0.667. The summed E-state index contributed by atoms with van der Waals surface area (Å²) in [6, 6.07) is 12.0. The highest BCUT2D eigenvalue weighted by Gasteiger charge is 1.57. The molecule has 1 aromatic rings. The molecule has 0 heterocycles. The summed E-state index contributed by atoms with van der Waals surface area (Å²) in [4.78, 5) is 0. The second kappa shape index (κ2) is 22.5. The van der Waals surface area contributed by atoms with Crippen LogP contribution in [0.4, 0.5) is 0 Å². The molecule has 0 aliphatic carbocycles. The molecular weight excluding hydrogens is 148 g/mol. The maximum absolute atomic E-state index is 4.25. The zero-order chi connectivity index (χ0) is 8.95. The smallest absolute Gasteiger partial charge is 0.0351 e.